The van der Waals surface area contributed by atoms with Gasteiger partial charge in [0.05, 0.1) is 0 Å². The number of fused-ring (bicyclic) bond motifs is 1. The molecule has 1 atom stereocenters. The number of nitrogens with one attached hydrogen (secondary N) is 1. The van der Waals surface area contributed by atoms with Crippen molar-refractivity contribution < 1.29 is 23.5 Å². The van der Waals surface area contributed by atoms with Crippen LogP contribution < -0.4 is 14.8 Å². The van der Waals surface area contributed by atoms with Gasteiger partial charge in [-0.15, -0.1) is 0 Å². The average Bonchev–Trinajstić information content (AvgIpc) is 2.80. The monoisotopic (exact) mass is 442 g/mol. The highest BCUT2D eigenvalue weighted by Crippen LogP contribution is 2.31. The van der Waals surface area contributed by atoms with Gasteiger partial charge in [0, 0.05) is 19.5 Å². The van der Waals surface area contributed by atoms with Gasteiger partial charge in [-0.1, -0.05) is 32.0 Å². The topological polar surface area (TPSA) is 67.9 Å². The fourth-order valence-corrected chi connectivity index (χ4v) is 3.46. The van der Waals surface area contributed by atoms with Gasteiger partial charge in [-0.3, -0.25) is 9.59 Å². The van der Waals surface area contributed by atoms with Crippen molar-refractivity contribution in [1.82, 2.24) is 10.2 Å². The van der Waals surface area contributed by atoms with Crippen LogP contribution in [0.5, 0.6) is 11.5 Å². The first-order chi connectivity index (χ1) is 15.3. The van der Waals surface area contributed by atoms with Crippen LogP contribution in [0.25, 0.3) is 0 Å². The Hall–Kier alpha value is -3.09. The summed E-state index contributed by atoms with van der Waals surface area (Å²) in [5, 5.41) is 2.90. The Labute approximate surface area is 188 Å². The fourth-order valence-electron chi connectivity index (χ4n) is 3.46. The van der Waals surface area contributed by atoms with Crippen LogP contribution in [0.3, 0.4) is 0 Å². The molecule has 32 heavy (non-hydrogen) atoms. The number of hydrogen-bond acceptors (Lipinski definition) is 4. The molecule has 0 fully saturated rings. The van der Waals surface area contributed by atoms with E-state index in [1.807, 2.05) is 32.0 Å². The third-order valence-electron chi connectivity index (χ3n) is 5.35. The minimum absolute atomic E-state index is 0.142. The zero-order chi connectivity index (χ0) is 23.1. The van der Waals surface area contributed by atoms with Crippen molar-refractivity contribution in [2.24, 2.45) is 5.92 Å². The number of benzene rings is 2. The van der Waals surface area contributed by atoms with E-state index >= 15 is 0 Å². The Morgan fingerprint density at radius 3 is 2.34 bits per heavy atom. The summed E-state index contributed by atoms with van der Waals surface area (Å²) in [6, 6.07) is 11.0. The molecular formula is C25H31FN2O4. The summed E-state index contributed by atoms with van der Waals surface area (Å²) in [6.07, 6.45) is 0.748. The van der Waals surface area contributed by atoms with Crippen LogP contribution in [0.2, 0.25) is 0 Å². The number of amides is 2. The number of halogens is 1. The van der Waals surface area contributed by atoms with Gasteiger partial charge < -0.3 is 19.7 Å². The van der Waals surface area contributed by atoms with Gasteiger partial charge >= 0.3 is 0 Å². The van der Waals surface area contributed by atoms with Gasteiger partial charge in [-0.2, -0.15) is 0 Å². The maximum Gasteiger partial charge on any atom is 0.242 e. The Kier molecular flexibility index (Phi) is 8.09. The molecule has 0 aromatic heterocycles. The maximum atomic E-state index is 13.3. The van der Waals surface area contributed by atoms with Gasteiger partial charge in [-0.25, -0.2) is 4.39 Å². The molecule has 3 rings (SSSR count). The summed E-state index contributed by atoms with van der Waals surface area (Å²) in [6.45, 7) is 7.56. The highest BCUT2D eigenvalue weighted by atomic mass is 19.1. The molecular weight excluding hydrogens is 411 g/mol. The molecule has 0 aliphatic carbocycles. The van der Waals surface area contributed by atoms with E-state index in [4.69, 9.17) is 9.47 Å². The molecule has 2 aromatic rings. The Bertz CT molecular complexity index is 930. The molecule has 0 bridgehead atoms. The third-order valence-corrected chi connectivity index (χ3v) is 5.35. The van der Waals surface area contributed by atoms with Gasteiger partial charge in [-0.05, 0) is 54.7 Å². The number of ether oxygens (including phenoxy) is 2. The second kappa shape index (κ2) is 11.0. The first kappa shape index (κ1) is 23.6. The predicted molar refractivity (Wildman–Crippen MR) is 120 cm³/mol. The normalized spacial score (nSPS) is 13.5. The van der Waals surface area contributed by atoms with E-state index in [0.717, 1.165) is 11.1 Å². The first-order valence-electron chi connectivity index (χ1n) is 11.0. The number of nitrogens with zero attached hydrogens (tertiary/aromatic N) is 1. The lowest BCUT2D eigenvalue weighted by molar-refractivity contribution is -0.140. The largest absolute Gasteiger partial charge is 0.486 e. The lowest BCUT2D eigenvalue weighted by Crippen LogP contribution is -2.48. The molecule has 1 unspecified atom stereocenters. The highest BCUT2D eigenvalue weighted by Gasteiger charge is 2.26. The van der Waals surface area contributed by atoms with Gasteiger partial charge in [0.25, 0.3) is 0 Å². The summed E-state index contributed by atoms with van der Waals surface area (Å²) in [5.74, 6) is 1.02. The van der Waals surface area contributed by atoms with Gasteiger partial charge in [0.15, 0.2) is 11.5 Å². The summed E-state index contributed by atoms with van der Waals surface area (Å²) >= 11 is 0. The third kappa shape index (κ3) is 6.45. The summed E-state index contributed by atoms with van der Waals surface area (Å²) in [7, 11) is 0. The molecule has 1 aliphatic heterocycles. The zero-order valence-corrected chi connectivity index (χ0v) is 18.9. The lowest BCUT2D eigenvalue weighted by atomic mass is 10.1. The highest BCUT2D eigenvalue weighted by molar-refractivity contribution is 5.87. The Morgan fingerprint density at radius 1 is 1.00 bits per heavy atom. The Morgan fingerprint density at radius 2 is 1.66 bits per heavy atom. The van der Waals surface area contributed by atoms with Crippen LogP contribution in [-0.2, 0) is 22.6 Å². The summed E-state index contributed by atoms with van der Waals surface area (Å²) in [5.41, 5.74) is 1.73. The van der Waals surface area contributed by atoms with E-state index in [1.165, 1.54) is 12.1 Å². The number of hydrogen-bond donors (Lipinski definition) is 1. The van der Waals surface area contributed by atoms with Crippen LogP contribution in [0.4, 0.5) is 4.39 Å². The van der Waals surface area contributed by atoms with Crippen molar-refractivity contribution in [3.63, 3.8) is 0 Å². The second-order valence-corrected chi connectivity index (χ2v) is 8.44. The molecule has 0 spiro atoms. The molecule has 2 aromatic carbocycles. The molecule has 1 N–H and O–H groups in total. The van der Waals surface area contributed by atoms with Crippen molar-refractivity contribution in [1.29, 1.82) is 0 Å². The van der Waals surface area contributed by atoms with Crippen LogP contribution in [0.15, 0.2) is 42.5 Å². The molecule has 7 heteroatoms. The minimum Gasteiger partial charge on any atom is -0.486 e. The predicted octanol–water partition coefficient (Wildman–Crippen LogP) is 3.72. The van der Waals surface area contributed by atoms with E-state index < -0.39 is 6.04 Å². The second-order valence-electron chi connectivity index (χ2n) is 8.44. The molecule has 172 valence electrons. The molecule has 0 saturated carbocycles. The molecule has 0 saturated heterocycles. The number of carbonyl (C=O) groups excluding carboxylic acids is 2. The smallest absolute Gasteiger partial charge is 0.242 e. The molecule has 1 heterocycles. The van der Waals surface area contributed by atoms with Crippen LogP contribution in [0.1, 0.15) is 38.3 Å². The Balaban J connectivity index is 1.70. The first-order valence-corrected chi connectivity index (χ1v) is 11.0. The number of aryl methyl sites for hydroxylation is 1. The van der Waals surface area contributed by atoms with Crippen molar-refractivity contribution in [3.05, 3.63) is 59.4 Å². The van der Waals surface area contributed by atoms with Crippen molar-refractivity contribution in [2.75, 3.05) is 19.8 Å². The lowest BCUT2D eigenvalue weighted by Gasteiger charge is -2.29. The summed E-state index contributed by atoms with van der Waals surface area (Å²) < 4.78 is 24.5. The van der Waals surface area contributed by atoms with E-state index in [9.17, 15) is 14.0 Å². The molecule has 6 nitrogen and oxygen atoms in total. The van der Waals surface area contributed by atoms with Gasteiger partial charge in [0.1, 0.15) is 25.1 Å². The number of carbonyl (C=O) groups is 2. The zero-order valence-electron chi connectivity index (χ0n) is 18.9. The van der Waals surface area contributed by atoms with E-state index in [1.54, 1.807) is 24.0 Å². The quantitative estimate of drug-likeness (QED) is 0.643. The SMILES string of the molecule is CC(C)CNC(=O)C(C)N(Cc1ccc(F)cc1)C(=O)CCc1ccc2c(c1)OCCO2. The summed E-state index contributed by atoms with van der Waals surface area (Å²) in [4.78, 5) is 27.4. The standard InChI is InChI=1S/C25H31FN2O4/c1-17(2)15-27-25(30)18(3)28(16-20-4-8-21(26)9-5-20)24(29)11-7-19-6-10-22-23(14-19)32-13-12-31-22/h4-6,8-10,14,17-18H,7,11-13,15-16H2,1-3H3,(H,27,30). The molecule has 1 aliphatic rings. The minimum atomic E-state index is -0.647. The molecule has 0 radical (unpaired) electrons. The van der Waals surface area contributed by atoms with Crippen molar-refractivity contribution in [2.45, 2.75) is 46.2 Å². The van der Waals surface area contributed by atoms with Crippen LogP contribution >= 0.6 is 0 Å². The maximum absolute atomic E-state index is 13.3. The van der Waals surface area contributed by atoms with Crippen LogP contribution in [-0.4, -0.2) is 42.5 Å². The van der Waals surface area contributed by atoms with E-state index in [2.05, 4.69) is 5.32 Å². The van der Waals surface area contributed by atoms with Crippen LogP contribution in [0, 0.1) is 11.7 Å². The van der Waals surface area contributed by atoms with Gasteiger partial charge in [0.2, 0.25) is 11.8 Å². The number of rotatable bonds is 9. The van der Waals surface area contributed by atoms with Crippen molar-refractivity contribution in [3.8, 4) is 11.5 Å². The molecule has 2 amide bonds. The van der Waals surface area contributed by atoms with Crippen molar-refractivity contribution >= 4 is 11.8 Å². The average molecular weight is 443 g/mol. The fraction of sp³-hybridized carbons (Fsp3) is 0.440. The van der Waals surface area contributed by atoms with E-state index in [0.29, 0.717) is 43.6 Å². The van der Waals surface area contributed by atoms with E-state index in [-0.39, 0.29) is 30.6 Å².